The van der Waals surface area contributed by atoms with Crippen molar-refractivity contribution in [1.29, 1.82) is 0 Å². The number of ether oxygens (including phenoxy) is 2. The monoisotopic (exact) mass is 322 g/mol. The second kappa shape index (κ2) is 6.74. The van der Waals surface area contributed by atoms with E-state index >= 15 is 0 Å². The van der Waals surface area contributed by atoms with Crippen LogP contribution in [0.15, 0.2) is 23.1 Å². The number of benzene rings is 1. The minimum Gasteiger partial charge on any atom is -0.492 e. The summed E-state index contributed by atoms with van der Waals surface area (Å²) in [5.41, 5.74) is 0. The molecule has 1 aliphatic rings. The van der Waals surface area contributed by atoms with Crippen molar-refractivity contribution < 1.29 is 22.3 Å². The summed E-state index contributed by atoms with van der Waals surface area (Å²) in [6.07, 6.45) is 4.01. The maximum Gasteiger partial charge on any atom is 0.265 e. The lowest BCUT2D eigenvalue weighted by molar-refractivity contribution is 0.0980. The molecule has 112 valence electrons. The topological polar surface area (TPSA) is 52.6 Å². The Morgan fingerprint density at radius 2 is 2.25 bits per heavy atom. The highest BCUT2D eigenvalue weighted by Gasteiger charge is 2.19. The van der Waals surface area contributed by atoms with Gasteiger partial charge in [0, 0.05) is 17.3 Å². The zero-order valence-electron chi connectivity index (χ0n) is 10.8. The Morgan fingerprint density at radius 1 is 1.45 bits per heavy atom. The molecule has 1 unspecified atom stereocenters. The maximum atomic E-state index is 13.1. The first-order valence-electron chi connectivity index (χ1n) is 6.45. The van der Waals surface area contributed by atoms with E-state index in [1.54, 1.807) is 0 Å². The molecule has 7 heteroatoms. The van der Waals surface area contributed by atoms with Crippen LogP contribution in [-0.4, -0.2) is 27.7 Å². The fourth-order valence-electron chi connectivity index (χ4n) is 2.16. The van der Waals surface area contributed by atoms with Gasteiger partial charge in [0.15, 0.2) is 0 Å². The zero-order valence-corrected chi connectivity index (χ0v) is 12.4. The third-order valence-electron chi connectivity index (χ3n) is 3.12. The SMILES string of the molecule is O=S(=O)(Cl)c1cc(F)ccc1OCCCC1CCCO1. The van der Waals surface area contributed by atoms with Crippen molar-refractivity contribution in [1.82, 2.24) is 0 Å². The quantitative estimate of drug-likeness (QED) is 0.596. The molecular weight excluding hydrogens is 307 g/mol. The van der Waals surface area contributed by atoms with Gasteiger partial charge in [-0.05, 0) is 43.9 Å². The van der Waals surface area contributed by atoms with Crippen LogP contribution < -0.4 is 4.74 Å². The highest BCUT2D eigenvalue weighted by atomic mass is 35.7. The lowest BCUT2D eigenvalue weighted by atomic mass is 10.1. The van der Waals surface area contributed by atoms with Crippen LogP contribution in [-0.2, 0) is 13.8 Å². The zero-order chi connectivity index (χ0) is 14.6. The van der Waals surface area contributed by atoms with Crippen molar-refractivity contribution >= 4 is 19.7 Å². The first kappa shape index (κ1) is 15.5. The van der Waals surface area contributed by atoms with Crippen molar-refractivity contribution in [3.63, 3.8) is 0 Å². The predicted octanol–water partition coefficient (Wildman–Crippen LogP) is 3.09. The summed E-state index contributed by atoms with van der Waals surface area (Å²) in [5.74, 6) is -0.593. The van der Waals surface area contributed by atoms with Gasteiger partial charge in [0.25, 0.3) is 9.05 Å². The lowest BCUT2D eigenvalue weighted by Gasteiger charge is -2.11. The average Bonchev–Trinajstić information content (AvgIpc) is 2.88. The lowest BCUT2D eigenvalue weighted by Crippen LogP contribution is -2.08. The molecule has 1 saturated heterocycles. The summed E-state index contributed by atoms with van der Waals surface area (Å²) in [5, 5.41) is 0. The summed E-state index contributed by atoms with van der Waals surface area (Å²) in [4.78, 5) is -0.337. The summed E-state index contributed by atoms with van der Waals surface area (Å²) in [6.45, 7) is 1.14. The van der Waals surface area contributed by atoms with Crippen molar-refractivity contribution in [2.45, 2.75) is 36.7 Å². The minimum atomic E-state index is -4.03. The highest BCUT2D eigenvalue weighted by molar-refractivity contribution is 8.13. The van der Waals surface area contributed by atoms with Gasteiger partial charge in [-0.15, -0.1) is 0 Å². The summed E-state index contributed by atoms with van der Waals surface area (Å²) >= 11 is 0. The van der Waals surface area contributed by atoms with E-state index in [0.717, 1.165) is 44.4 Å². The molecule has 0 spiro atoms. The summed E-state index contributed by atoms with van der Waals surface area (Å²) in [6, 6.07) is 3.27. The molecule has 0 radical (unpaired) electrons. The summed E-state index contributed by atoms with van der Waals surface area (Å²) in [7, 11) is 1.23. The Balaban J connectivity index is 1.92. The van der Waals surface area contributed by atoms with E-state index in [2.05, 4.69) is 0 Å². The number of rotatable bonds is 6. The second-order valence-electron chi connectivity index (χ2n) is 4.65. The van der Waals surface area contributed by atoms with Crippen LogP contribution in [0.5, 0.6) is 5.75 Å². The van der Waals surface area contributed by atoms with Crippen LogP contribution in [0.2, 0.25) is 0 Å². The molecule has 0 bridgehead atoms. The summed E-state index contributed by atoms with van der Waals surface area (Å²) < 4.78 is 46.6. The first-order valence-corrected chi connectivity index (χ1v) is 8.76. The third-order valence-corrected chi connectivity index (χ3v) is 4.46. The average molecular weight is 323 g/mol. The molecule has 1 aliphatic heterocycles. The Labute approximate surface area is 122 Å². The van der Waals surface area contributed by atoms with E-state index in [1.807, 2.05) is 0 Å². The van der Waals surface area contributed by atoms with Gasteiger partial charge >= 0.3 is 0 Å². The smallest absolute Gasteiger partial charge is 0.265 e. The molecule has 4 nitrogen and oxygen atoms in total. The normalized spacial score (nSPS) is 19.2. The van der Waals surface area contributed by atoms with Crippen molar-refractivity contribution in [2.24, 2.45) is 0 Å². The van der Waals surface area contributed by atoms with E-state index < -0.39 is 14.9 Å². The fraction of sp³-hybridized carbons (Fsp3) is 0.538. The van der Waals surface area contributed by atoms with Crippen molar-refractivity contribution in [3.8, 4) is 5.75 Å². The second-order valence-corrected chi connectivity index (χ2v) is 7.19. The molecule has 1 atom stereocenters. The van der Waals surface area contributed by atoms with Crippen LogP contribution >= 0.6 is 10.7 Å². The molecule has 1 aromatic carbocycles. The number of halogens is 2. The predicted molar refractivity (Wildman–Crippen MR) is 73.1 cm³/mol. The molecule has 1 fully saturated rings. The highest BCUT2D eigenvalue weighted by Crippen LogP contribution is 2.28. The van der Waals surface area contributed by atoms with Crippen LogP contribution in [0.3, 0.4) is 0 Å². The molecule has 0 amide bonds. The van der Waals surface area contributed by atoms with Gasteiger partial charge in [0.05, 0.1) is 12.7 Å². The van der Waals surface area contributed by atoms with Gasteiger partial charge < -0.3 is 9.47 Å². The van der Waals surface area contributed by atoms with Crippen LogP contribution in [0, 0.1) is 5.82 Å². The number of hydrogen-bond donors (Lipinski definition) is 0. The molecule has 1 heterocycles. The van der Waals surface area contributed by atoms with Gasteiger partial charge in [0.1, 0.15) is 16.5 Å². The Hall–Kier alpha value is -0.850. The minimum absolute atomic E-state index is 0.0775. The Kier molecular flexibility index (Phi) is 5.23. The van der Waals surface area contributed by atoms with E-state index in [1.165, 1.54) is 6.07 Å². The molecular formula is C13H16ClFO4S. The molecule has 0 aromatic heterocycles. The Morgan fingerprint density at radius 3 is 2.90 bits per heavy atom. The van der Waals surface area contributed by atoms with Gasteiger partial charge in [-0.25, -0.2) is 12.8 Å². The maximum absolute atomic E-state index is 13.1. The van der Waals surface area contributed by atoms with Crippen molar-refractivity contribution in [2.75, 3.05) is 13.2 Å². The van der Waals surface area contributed by atoms with Gasteiger partial charge in [-0.1, -0.05) is 0 Å². The molecule has 0 saturated carbocycles. The van der Waals surface area contributed by atoms with E-state index in [-0.39, 0.29) is 16.7 Å². The standard InChI is InChI=1S/C13H16ClFO4S/c14-20(16,17)13-9-10(15)5-6-12(13)19-8-2-4-11-3-1-7-18-11/h5-6,9,11H,1-4,7-8H2. The third kappa shape index (κ3) is 4.33. The molecule has 0 aliphatic carbocycles. The van der Waals surface area contributed by atoms with E-state index in [0.29, 0.717) is 6.61 Å². The van der Waals surface area contributed by atoms with Crippen LogP contribution in [0.4, 0.5) is 4.39 Å². The van der Waals surface area contributed by atoms with E-state index in [4.69, 9.17) is 20.2 Å². The largest absolute Gasteiger partial charge is 0.492 e. The fourth-order valence-corrected chi connectivity index (χ4v) is 3.14. The van der Waals surface area contributed by atoms with Crippen LogP contribution in [0.1, 0.15) is 25.7 Å². The Bertz CT molecular complexity index is 555. The van der Waals surface area contributed by atoms with Gasteiger partial charge in [-0.2, -0.15) is 0 Å². The van der Waals surface area contributed by atoms with Crippen molar-refractivity contribution in [3.05, 3.63) is 24.0 Å². The molecule has 0 N–H and O–H groups in total. The molecule has 20 heavy (non-hydrogen) atoms. The van der Waals surface area contributed by atoms with Gasteiger partial charge in [0.2, 0.25) is 0 Å². The van der Waals surface area contributed by atoms with Crippen LogP contribution in [0.25, 0.3) is 0 Å². The number of hydrogen-bond acceptors (Lipinski definition) is 4. The molecule has 1 aromatic rings. The van der Waals surface area contributed by atoms with Gasteiger partial charge in [-0.3, -0.25) is 0 Å². The van der Waals surface area contributed by atoms with E-state index in [9.17, 15) is 12.8 Å². The molecule has 2 rings (SSSR count). The first-order chi connectivity index (χ1) is 9.47.